The first-order chi connectivity index (χ1) is 15.5. The van der Waals surface area contributed by atoms with E-state index in [4.69, 9.17) is 14.6 Å². The van der Waals surface area contributed by atoms with E-state index in [1.807, 2.05) is 30.3 Å². The van der Waals surface area contributed by atoms with Crippen LogP contribution >= 0.6 is 0 Å². The molecule has 5 heteroatoms. The smallest absolute Gasteiger partial charge is 0.303 e. The van der Waals surface area contributed by atoms with Crippen LogP contribution in [0.4, 0.5) is 0 Å². The molecule has 182 valence electrons. The minimum absolute atomic E-state index is 0.00100. The summed E-state index contributed by atoms with van der Waals surface area (Å²) in [6.45, 7) is 4.22. The van der Waals surface area contributed by atoms with Crippen molar-refractivity contribution in [2.45, 2.75) is 123 Å². The quantitative estimate of drug-likeness (QED) is 0.171. The lowest BCUT2D eigenvalue weighted by molar-refractivity contribution is -0.147. The van der Waals surface area contributed by atoms with Gasteiger partial charge in [-0.25, -0.2) is 0 Å². The molecule has 0 saturated carbocycles. The Balaban J connectivity index is 2.18. The van der Waals surface area contributed by atoms with Gasteiger partial charge in [-0.05, 0) is 44.1 Å². The molecule has 0 radical (unpaired) electrons. The van der Waals surface area contributed by atoms with Crippen LogP contribution in [0.15, 0.2) is 30.3 Å². The number of carboxylic acids is 1. The number of hydrogen-bond donors (Lipinski definition) is 1. The minimum atomic E-state index is -0.764. The molecular weight excluding hydrogens is 404 g/mol. The van der Waals surface area contributed by atoms with E-state index in [1.54, 1.807) is 0 Å². The maximum Gasteiger partial charge on any atom is 0.303 e. The number of carbonyl (C=O) groups is 2. The second-order valence-corrected chi connectivity index (χ2v) is 8.78. The summed E-state index contributed by atoms with van der Waals surface area (Å²) in [5.74, 6) is -0.932. The van der Waals surface area contributed by atoms with Crippen molar-refractivity contribution in [1.29, 1.82) is 0 Å². The highest BCUT2D eigenvalue weighted by Crippen LogP contribution is 2.18. The molecule has 1 N–H and O–H groups in total. The van der Waals surface area contributed by atoms with Crippen molar-refractivity contribution in [3.8, 4) is 0 Å². The van der Waals surface area contributed by atoms with Gasteiger partial charge in [-0.15, -0.1) is 0 Å². The van der Waals surface area contributed by atoms with E-state index >= 15 is 0 Å². The molecule has 0 bridgehead atoms. The maximum absolute atomic E-state index is 11.3. The number of carbonyl (C=O) groups excluding carboxylic acids is 1. The number of unbranched alkanes of at least 4 members (excludes halogenated alkanes) is 7. The first-order valence-electron chi connectivity index (χ1n) is 12.6. The number of ether oxygens (including phenoxy) is 2. The summed E-state index contributed by atoms with van der Waals surface area (Å²) in [6, 6.07) is 10.0. The molecule has 5 nitrogen and oxygen atoms in total. The van der Waals surface area contributed by atoms with Gasteiger partial charge in [0.1, 0.15) is 6.10 Å². The maximum atomic E-state index is 11.3. The summed E-state index contributed by atoms with van der Waals surface area (Å²) in [5, 5.41) is 9.00. The Labute approximate surface area is 194 Å². The summed E-state index contributed by atoms with van der Waals surface area (Å²) in [4.78, 5) is 22.2. The average molecular weight is 449 g/mol. The molecule has 0 aliphatic carbocycles. The fourth-order valence-electron chi connectivity index (χ4n) is 3.95. The number of aliphatic carboxylic acids is 1. The fourth-order valence-corrected chi connectivity index (χ4v) is 3.95. The van der Waals surface area contributed by atoms with Crippen LogP contribution < -0.4 is 0 Å². The third-order valence-electron chi connectivity index (χ3n) is 5.77. The largest absolute Gasteiger partial charge is 0.481 e. The van der Waals surface area contributed by atoms with Gasteiger partial charge in [-0.2, -0.15) is 0 Å². The molecule has 0 aromatic heterocycles. The van der Waals surface area contributed by atoms with Crippen LogP contribution in [-0.4, -0.2) is 29.3 Å². The van der Waals surface area contributed by atoms with Crippen molar-refractivity contribution < 1.29 is 24.2 Å². The molecule has 0 aliphatic heterocycles. The van der Waals surface area contributed by atoms with Crippen LogP contribution in [0.1, 0.15) is 109 Å². The number of hydrogen-bond acceptors (Lipinski definition) is 4. The molecule has 0 amide bonds. The molecule has 0 spiro atoms. The fraction of sp³-hybridized carbons (Fsp3) is 0.704. The molecule has 0 heterocycles. The number of rotatable bonds is 20. The van der Waals surface area contributed by atoms with Crippen molar-refractivity contribution in [2.24, 2.45) is 0 Å². The Morgan fingerprint density at radius 1 is 0.812 bits per heavy atom. The molecule has 2 atom stereocenters. The van der Waals surface area contributed by atoms with Crippen LogP contribution in [0.25, 0.3) is 0 Å². The zero-order chi connectivity index (χ0) is 23.4. The van der Waals surface area contributed by atoms with Crippen molar-refractivity contribution >= 4 is 11.9 Å². The van der Waals surface area contributed by atoms with Crippen LogP contribution in [-0.2, 0) is 25.7 Å². The lowest BCUT2D eigenvalue weighted by atomic mass is 10.0. The van der Waals surface area contributed by atoms with Crippen molar-refractivity contribution in [3.05, 3.63) is 35.9 Å². The third kappa shape index (κ3) is 15.9. The van der Waals surface area contributed by atoms with E-state index in [0.29, 0.717) is 13.0 Å². The van der Waals surface area contributed by atoms with Gasteiger partial charge in [-0.1, -0.05) is 82.2 Å². The van der Waals surface area contributed by atoms with E-state index < -0.39 is 5.97 Å². The van der Waals surface area contributed by atoms with E-state index in [0.717, 1.165) is 50.5 Å². The molecule has 0 aliphatic rings. The van der Waals surface area contributed by atoms with Gasteiger partial charge in [0.05, 0.1) is 12.7 Å². The summed E-state index contributed by atoms with van der Waals surface area (Å²) < 4.78 is 11.5. The van der Waals surface area contributed by atoms with E-state index in [1.165, 1.54) is 39.0 Å². The van der Waals surface area contributed by atoms with Crippen LogP contribution in [0.3, 0.4) is 0 Å². The van der Waals surface area contributed by atoms with Crippen molar-refractivity contribution in [2.75, 3.05) is 0 Å². The first kappa shape index (κ1) is 28.2. The van der Waals surface area contributed by atoms with Crippen molar-refractivity contribution in [3.63, 3.8) is 0 Å². The Morgan fingerprint density at radius 2 is 1.38 bits per heavy atom. The van der Waals surface area contributed by atoms with Gasteiger partial charge >= 0.3 is 11.9 Å². The zero-order valence-electron chi connectivity index (χ0n) is 20.2. The topological polar surface area (TPSA) is 72.8 Å². The number of carboxylic acid groups (broad SMARTS) is 1. The third-order valence-corrected chi connectivity index (χ3v) is 5.77. The predicted molar refractivity (Wildman–Crippen MR) is 129 cm³/mol. The van der Waals surface area contributed by atoms with E-state index in [2.05, 4.69) is 6.92 Å². The van der Waals surface area contributed by atoms with Gasteiger partial charge in [-0.3, -0.25) is 9.59 Å². The lowest BCUT2D eigenvalue weighted by Crippen LogP contribution is -2.16. The summed E-state index contributed by atoms with van der Waals surface area (Å²) in [6.07, 6.45) is 14.0. The molecular formula is C27H44O5. The monoisotopic (exact) mass is 448 g/mol. The SMILES string of the molecule is CCCCCC(CCCCCCCCC(CCC(=O)O)OCc1ccccc1)OC(C)=O. The second-order valence-electron chi connectivity index (χ2n) is 8.78. The molecule has 1 rings (SSSR count). The van der Waals surface area contributed by atoms with E-state index in [9.17, 15) is 9.59 Å². The Kier molecular flexibility index (Phi) is 16.4. The molecule has 0 saturated heterocycles. The van der Waals surface area contributed by atoms with Gasteiger partial charge in [0, 0.05) is 13.3 Å². The van der Waals surface area contributed by atoms with E-state index in [-0.39, 0.29) is 24.6 Å². The van der Waals surface area contributed by atoms with Gasteiger partial charge in [0.25, 0.3) is 0 Å². The van der Waals surface area contributed by atoms with Gasteiger partial charge in [0.2, 0.25) is 0 Å². The molecule has 1 aromatic rings. The normalized spacial score (nSPS) is 12.9. The number of esters is 1. The predicted octanol–water partition coefficient (Wildman–Crippen LogP) is 7.07. The summed E-state index contributed by atoms with van der Waals surface area (Å²) in [5.41, 5.74) is 1.12. The zero-order valence-corrected chi connectivity index (χ0v) is 20.2. The van der Waals surface area contributed by atoms with Crippen LogP contribution in [0.2, 0.25) is 0 Å². The second kappa shape index (κ2) is 18.7. The van der Waals surface area contributed by atoms with Crippen molar-refractivity contribution in [1.82, 2.24) is 0 Å². The Hall–Kier alpha value is -1.88. The highest BCUT2D eigenvalue weighted by atomic mass is 16.5. The van der Waals surface area contributed by atoms with Gasteiger partial charge in [0.15, 0.2) is 0 Å². The van der Waals surface area contributed by atoms with Crippen LogP contribution in [0, 0.1) is 0 Å². The summed E-state index contributed by atoms with van der Waals surface area (Å²) in [7, 11) is 0. The number of benzene rings is 1. The standard InChI is InChI=1S/C27H44O5/c1-3-4-10-18-26(32-23(2)28)19-14-8-6-5-7-13-17-25(20-21-27(29)30)31-22-24-15-11-9-12-16-24/h9,11-12,15-16,25-26H,3-8,10,13-14,17-22H2,1-2H3,(H,29,30). The van der Waals surface area contributed by atoms with Crippen LogP contribution in [0.5, 0.6) is 0 Å². The minimum Gasteiger partial charge on any atom is -0.481 e. The molecule has 0 fully saturated rings. The molecule has 1 aromatic carbocycles. The Bertz CT molecular complexity index is 601. The average Bonchev–Trinajstić information content (AvgIpc) is 2.77. The lowest BCUT2D eigenvalue weighted by Gasteiger charge is -2.18. The first-order valence-corrected chi connectivity index (χ1v) is 12.6. The highest BCUT2D eigenvalue weighted by molar-refractivity contribution is 5.66. The highest BCUT2D eigenvalue weighted by Gasteiger charge is 2.13. The Morgan fingerprint density at radius 3 is 1.94 bits per heavy atom. The van der Waals surface area contributed by atoms with Gasteiger partial charge < -0.3 is 14.6 Å². The molecule has 2 unspecified atom stereocenters. The molecule has 32 heavy (non-hydrogen) atoms. The summed E-state index contributed by atoms with van der Waals surface area (Å²) >= 11 is 0.